The summed E-state index contributed by atoms with van der Waals surface area (Å²) in [5.74, 6) is 0.954. The van der Waals surface area contributed by atoms with Crippen molar-refractivity contribution in [3.63, 3.8) is 0 Å². The van der Waals surface area contributed by atoms with Crippen molar-refractivity contribution in [3.8, 4) is 27.9 Å². The zero-order valence-corrected chi connectivity index (χ0v) is 16.0. The predicted octanol–water partition coefficient (Wildman–Crippen LogP) is 5.14. The first-order valence-electron chi connectivity index (χ1n) is 8.35. The molecular formula is C20H14ClN3O3S. The summed E-state index contributed by atoms with van der Waals surface area (Å²) in [4.78, 5) is 17.7. The average Bonchev–Trinajstić information content (AvgIpc) is 3.39. The topological polar surface area (TPSA) is 77.2 Å². The van der Waals surface area contributed by atoms with Gasteiger partial charge in [-0.2, -0.15) is 4.98 Å². The molecule has 4 aromatic rings. The van der Waals surface area contributed by atoms with Gasteiger partial charge < -0.3 is 14.6 Å². The van der Waals surface area contributed by atoms with Gasteiger partial charge in [0.25, 0.3) is 11.8 Å². The highest BCUT2D eigenvalue weighted by molar-refractivity contribution is 7.13. The summed E-state index contributed by atoms with van der Waals surface area (Å²) in [6, 6.07) is 18.0. The van der Waals surface area contributed by atoms with Gasteiger partial charge in [-0.05, 0) is 35.7 Å². The largest absolute Gasteiger partial charge is 0.482 e. The highest BCUT2D eigenvalue weighted by Crippen LogP contribution is 2.30. The lowest BCUT2D eigenvalue weighted by Gasteiger charge is -2.10. The Morgan fingerprint density at radius 2 is 1.93 bits per heavy atom. The van der Waals surface area contributed by atoms with Gasteiger partial charge in [-0.25, -0.2) is 0 Å². The van der Waals surface area contributed by atoms with Crippen molar-refractivity contribution < 1.29 is 14.1 Å². The van der Waals surface area contributed by atoms with E-state index in [0.717, 1.165) is 4.88 Å². The summed E-state index contributed by atoms with van der Waals surface area (Å²) in [5, 5.41) is 9.21. The smallest absolute Gasteiger partial charge is 0.262 e. The molecule has 6 nitrogen and oxygen atoms in total. The Morgan fingerprint density at radius 3 is 2.75 bits per heavy atom. The van der Waals surface area contributed by atoms with E-state index in [9.17, 15) is 4.79 Å². The van der Waals surface area contributed by atoms with Gasteiger partial charge >= 0.3 is 0 Å². The highest BCUT2D eigenvalue weighted by Gasteiger charge is 2.16. The molecule has 0 spiro atoms. The number of nitrogens with one attached hydrogen (secondary N) is 1. The first-order valence-corrected chi connectivity index (χ1v) is 9.60. The molecule has 4 rings (SSSR count). The van der Waals surface area contributed by atoms with Crippen LogP contribution in [-0.4, -0.2) is 22.7 Å². The van der Waals surface area contributed by atoms with E-state index in [1.165, 1.54) is 11.3 Å². The number of anilines is 1. The molecule has 0 aliphatic rings. The minimum atomic E-state index is -0.328. The molecule has 1 amide bonds. The molecule has 28 heavy (non-hydrogen) atoms. The number of halogens is 1. The molecule has 0 unspecified atom stereocenters. The lowest BCUT2D eigenvalue weighted by Crippen LogP contribution is -2.20. The number of hydrogen-bond donors (Lipinski definition) is 1. The molecule has 0 fully saturated rings. The predicted molar refractivity (Wildman–Crippen MR) is 109 cm³/mol. The molecule has 0 atom stereocenters. The normalized spacial score (nSPS) is 10.6. The first-order chi connectivity index (χ1) is 13.7. The zero-order chi connectivity index (χ0) is 19.3. The number of thiophene rings is 1. The van der Waals surface area contributed by atoms with Gasteiger partial charge in [-0.15, -0.1) is 11.3 Å². The van der Waals surface area contributed by atoms with Crippen LogP contribution in [0.4, 0.5) is 5.69 Å². The van der Waals surface area contributed by atoms with E-state index in [1.807, 2.05) is 29.6 Å². The molecule has 0 saturated carbocycles. The Hall–Kier alpha value is -3.16. The molecule has 2 aromatic heterocycles. The van der Waals surface area contributed by atoms with Crippen LogP contribution in [0, 0.1) is 0 Å². The highest BCUT2D eigenvalue weighted by atomic mass is 35.5. The Bertz CT molecular complexity index is 1100. The van der Waals surface area contributed by atoms with Crippen LogP contribution in [-0.2, 0) is 4.79 Å². The fourth-order valence-electron chi connectivity index (χ4n) is 2.51. The molecular weight excluding hydrogens is 398 g/mol. The zero-order valence-electron chi connectivity index (χ0n) is 14.5. The lowest BCUT2D eigenvalue weighted by molar-refractivity contribution is -0.118. The van der Waals surface area contributed by atoms with Gasteiger partial charge in [0, 0.05) is 0 Å². The van der Waals surface area contributed by atoms with E-state index < -0.39 is 0 Å². The van der Waals surface area contributed by atoms with Crippen molar-refractivity contribution in [1.29, 1.82) is 0 Å². The van der Waals surface area contributed by atoms with Crippen molar-refractivity contribution in [1.82, 2.24) is 10.1 Å². The van der Waals surface area contributed by atoms with Crippen LogP contribution >= 0.6 is 22.9 Å². The second-order valence-electron chi connectivity index (χ2n) is 5.71. The van der Waals surface area contributed by atoms with Gasteiger partial charge in [0.15, 0.2) is 6.61 Å². The minimum absolute atomic E-state index is 0.178. The van der Waals surface area contributed by atoms with Crippen LogP contribution in [0.5, 0.6) is 5.75 Å². The fourth-order valence-corrected chi connectivity index (χ4v) is 3.35. The van der Waals surface area contributed by atoms with Gasteiger partial charge in [-0.3, -0.25) is 4.79 Å². The molecule has 0 saturated heterocycles. The number of amides is 1. The van der Waals surface area contributed by atoms with E-state index >= 15 is 0 Å². The number of carbonyl (C=O) groups is 1. The van der Waals surface area contributed by atoms with E-state index in [0.29, 0.717) is 33.7 Å². The second kappa shape index (κ2) is 8.24. The number of aromatic nitrogens is 2. The van der Waals surface area contributed by atoms with Crippen LogP contribution in [0.15, 0.2) is 70.6 Å². The molecule has 0 aliphatic carbocycles. The molecule has 0 aliphatic heterocycles. The fraction of sp³-hybridized carbons (Fsp3) is 0.0500. The average molecular weight is 412 g/mol. The van der Waals surface area contributed by atoms with Gasteiger partial charge in [-0.1, -0.05) is 47.1 Å². The molecule has 0 radical (unpaired) electrons. The van der Waals surface area contributed by atoms with E-state index in [4.69, 9.17) is 20.9 Å². The Morgan fingerprint density at radius 1 is 1.11 bits per heavy atom. The van der Waals surface area contributed by atoms with E-state index in [1.54, 1.807) is 36.4 Å². The lowest BCUT2D eigenvalue weighted by atomic mass is 10.1. The maximum Gasteiger partial charge on any atom is 0.262 e. The third-order valence-electron chi connectivity index (χ3n) is 3.79. The van der Waals surface area contributed by atoms with E-state index in [2.05, 4.69) is 15.5 Å². The van der Waals surface area contributed by atoms with Crippen molar-refractivity contribution >= 4 is 34.5 Å². The summed E-state index contributed by atoms with van der Waals surface area (Å²) in [6.45, 7) is -0.178. The number of carbonyl (C=O) groups excluding carboxylic acids is 1. The number of para-hydroxylation sites is 2. The van der Waals surface area contributed by atoms with Gasteiger partial charge in [0.05, 0.1) is 21.2 Å². The molecule has 1 N–H and O–H groups in total. The summed E-state index contributed by atoms with van der Waals surface area (Å²) in [5.41, 5.74) is 1.18. The molecule has 2 heterocycles. The maximum atomic E-state index is 12.3. The quantitative estimate of drug-likeness (QED) is 0.475. The second-order valence-corrected chi connectivity index (χ2v) is 7.07. The molecule has 8 heteroatoms. The summed E-state index contributed by atoms with van der Waals surface area (Å²) in [6.07, 6.45) is 0. The number of ether oxygens (including phenoxy) is 1. The minimum Gasteiger partial charge on any atom is -0.482 e. The van der Waals surface area contributed by atoms with Crippen molar-refractivity contribution in [2.45, 2.75) is 0 Å². The van der Waals surface area contributed by atoms with Crippen LogP contribution in [0.25, 0.3) is 22.2 Å². The molecule has 0 bridgehead atoms. The first kappa shape index (κ1) is 18.2. The number of benzene rings is 2. The number of hydrogen-bond acceptors (Lipinski definition) is 6. The third-order valence-corrected chi connectivity index (χ3v) is 4.97. The summed E-state index contributed by atoms with van der Waals surface area (Å²) < 4.78 is 10.9. The maximum absolute atomic E-state index is 12.3. The molecule has 2 aromatic carbocycles. The van der Waals surface area contributed by atoms with Gasteiger partial charge in [0.2, 0.25) is 5.82 Å². The third kappa shape index (κ3) is 4.05. The van der Waals surface area contributed by atoms with Crippen molar-refractivity contribution in [2.75, 3.05) is 11.9 Å². The Kier molecular flexibility index (Phi) is 5.36. The standard InChI is InChI=1S/C20H14ClN3O3S/c21-14-7-2-4-9-16(14)26-12-18(25)22-15-8-3-1-6-13(15)20-23-19(24-27-20)17-10-5-11-28-17/h1-11H,12H2,(H,22,25). The summed E-state index contributed by atoms with van der Waals surface area (Å²) >= 11 is 7.56. The number of rotatable bonds is 6. The van der Waals surface area contributed by atoms with Crippen LogP contribution < -0.4 is 10.1 Å². The van der Waals surface area contributed by atoms with Crippen molar-refractivity contribution in [3.05, 3.63) is 71.1 Å². The van der Waals surface area contributed by atoms with Crippen LogP contribution in [0.1, 0.15) is 0 Å². The number of nitrogens with zero attached hydrogens (tertiary/aromatic N) is 2. The van der Waals surface area contributed by atoms with Gasteiger partial charge in [0.1, 0.15) is 5.75 Å². The van der Waals surface area contributed by atoms with Crippen LogP contribution in [0.2, 0.25) is 5.02 Å². The molecule has 140 valence electrons. The van der Waals surface area contributed by atoms with E-state index in [-0.39, 0.29) is 12.5 Å². The Balaban J connectivity index is 1.49. The van der Waals surface area contributed by atoms with Crippen molar-refractivity contribution in [2.24, 2.45) is 0 Å². The Labute approximate surface area is 169 Å². The SMILES string of the molecule is O=C(COc1ccccc1Cl)Nc1ccccc1-c1nc(-c2cccs2)no1. The van der Waals surface area contributed by atoms with Crippen LogP contribution in [0.3, 0.4) is 0 Å². The monoisotopic (exact) mass is 411 g/mol. The summed E-state index contributed by atoms with van der Waals surface area (Å²) in [7, 11) is 0.